The molecule has 1 N–H and O–H groups in total. The van der Waals surface area contributed by atoms with Crippen LogP contribution in [0, 0.1) is 11.7 Å². The number of aliphatic hydroxyl groups excluding tert-OH is 1. The van der Waals surface area contributed by atoms with E-state index in [0.29, 0.717) is 23.2 Å². The Bertz CT molecular complexity index is 407. The molecule has 1 aliphatic carbocycles. The predicted molar refractivity (Wildman–Crippen MR) is 72.1 cm³/mol. The summed E-state index contributed by atoms with van der Waals surface area (Å²) in [4.78, 5) is 2.02. The third-order valence-electron chi connectivity index (χ3n) is 4.05. The van der Waals surface area contributed by atoms with Gasteiger partial charge in [-0.3, -0.25) is 0 Å². The summed E-state index contributed by atoms with van der Waals surface area (Å²) in [7, 11) is 1.94. The minimum absolute atomic E-state index is 0.111. The van der Waals surface area contributed by atoms with Crippen LogP contribution in [0.1, 0.15) is 38.2 Å². The van der Waals surface area contributed by atoms with Crippen LogP contribution in [0.2, 0.25) is 0 Å². The summed E-state index contributed by atoms with van der Waals surface area (Å²) < 4.78 is 14.0. The lowest BCUT2D eigenvalue weighted by Crippen LogP contribution is -2.36. The third kappa shape index (κ3) is 2.66. The average molecular weight is 251 g/mol. The van der Waals surface area contributed by atoms with Gasteiger partial charge in [0.15, 0.2) is 0 Å². The van der Waals surface area contributed by atoms with Crippen molar-refractivity contribution in [1.82, 2.24) is 0 Å². The van der Waals surface area contributed by atoms with Crippen molar-refractivity contribution in [2.24, 2.45) is 5.92 Å². The van der Waals surface area contributed by atoms with Crippen LogP contribution in [-0.2, 0) is 6.61 Å². The van der Waals surface area contributed by atoms with E-state index in [-0.39, 0.29) is 12.4 Å². The number of aliphatic hydroxyl groups is 1. The molecule has 1 fully saturated rings. The van der Waals surface area contributed by atoms with Crippen LogP contribution in [0.4, 0.5) is 10.1 Å². The number of halogens is 1. The Kier molecular flexibility index (Phi) is 4.23. The molecule has 1 aliphatic rings. The lowest BCUT2D eigenvalue weighted by atomic mass is 9.86. The Labute approximate surface area is 108 Å². The van der Waals surface area contributed by atoms with Gasteiger partial charge in [-0.05, 0) is 24.8 Å². The van der Waals surface area contributed by atoms with Gasteiger partial charge in [-0.1, -0.05) is 31.9 Å². The number of hydrogen-bond acceptors (Lipinski definition) is 2. The van der Waals surface area contributed by atoms with Crippen molar-refractivity contribution < 1.29 is 9.50 Å². The quantitative estimate of drug-likeness (QED) is 0.890. The van der Waals surface area contributed by atoms with Gasteiger partial charge in [0, 0.05) is 18.7 Å². The van der Waals surface area contributed by atoms with Crippen molar-refractivity contribution >= 4 is 5.69 Å². The average Bonchev–Trinajstić information content (AvgIpc) is 2.37. The van der Waals surface area contributed by atoms with Gasteiger partial charge in [0.1, 0.15) is 5.82 Å². The molecule has 2 atom stereocenters. The van der Waals surface area contributed by atoms with Crippen LogP contribution < -0.4 is 4.90 Å². The number of anilines is 1. The minimum atomic E-state index is -0.234. The smallest absolute Gasteiger partial charge is 0.146 e. The first-order chi connectivity index (χ1) is 8.63. The van der Waals surface area contributed by atoms with E-state index in [1.54, 1.807) is 12.1 Å². The maximum atomic E-state index is 14.0. The highest BCUT2D eigenvalue weighted by molar-refractivity contribution is 5.55. The van der Waals surface area contributed by atoms with Gasteiger partial charge < -0.3 is 10.0 Å². The summed E-state index contributed by atoms with van der Waals surface area (Å²) in [6, 6.07) is 5.30. The topological polar surface area (TPSA) is 23.5 Å². The van der Waals surface area contributed by atoms with Gasteiger partial charge in [0.2, 0.25) is 0 Å². The standard InChI is InChI=1S/C15H22FNO/c1-11-5-3-7-13(9-11)17(2)15-12(10-18)6-4-8-14(15)16/h4,6,8,11,13,18H,3,5,7,9-10H2,1-2H3. The molecule has 0 radical (unpaired) electrons. The molecule has 2 nitrogen and oxygen atoms in total. The lowest BCUT2D eigenvalue weighted by Gasteiger charge is -2.36. The van der Waals surface area contributed by atoms with Gasteiger partial charge in [0.25, 0.3) is 0 Å². The summed E-state index contributed by atoms with van der Waals surface area (Å²) in [5, 5.41) is 9.35. The van der Waals surface area contributed by atoms with Crippen LogP contribution in [0.25, 0.3) is 0 Å². The summed E-state index contributed by atoms with van der Waals surface area (Å²) in [6.45, 7) is 2.15. The minimum Gasteiger partial charge on any atom is -0.392 e. The summed E-state index contributed by atoms with van der Waals surface area (Å²) >= 11 is 0. The number of nitrogens with zero attached hydrogens (tertiary/aromatic N) is 1. The number of para-hydroxylation sites is 1. The van der Waals surface area contributed by atoms with Gasteiger partial charge in [-0.2, -0.15) is 0 Å². The molecule has 2 unspecified atom stereocenters. The maximum absolute atomic E-state index is 14.0. The first-order valence-corrected chi connectivity index (χ1v) is 6.74. The normalized spacial score (nSPS) is 24.0. The van der Waals surface area contributed by atoms with Crippen molar-refractivity contribution in [2.75, 3.05) is 11.9 Å². The first-order valence-electron chi connectivity index (χ1n) is 6.74. The molecule has 0 bridgehead atoms. The van der Waals surface area contributed by atoms with Crippen molar-refractivity contribution in [3.63, 3.8) is 0 Å². The lowest BCUT2D eigenvalue weighted by molar-refractivity contribution is 0.280. The number of benzene rings is 1. The SMILES string of the molecule is CC1CCCC(N(C)c2c(F)cccc2CO)C1. The molecular weight excluding hydrogens is 229 g/mol. The molecule has 0 spiro atoms. The second kappa shape index (κ2) is 5.70. The molecule has 1 aromatic carbocycles. The van der Waals surface area contributed by atoms with Gasteiger partial charge in [-0.15, -0.1) is 0 Å². The largest absolute Gasteiger partial charge is 0.392 e. The van der Waals surface area contributed by atoms with Crippen molar-refractivity contribution in [3.8, 4) is 0 Å². The molecule has 0 aliphatic heterocycles. The maximum Gasteiger partial charge on any atom is 0.146 e. The first kappa shape index (κ1) is 13.3. The fourth-order valence-electron chi connectivity index (χ4n) is 3.02. The number of rotatable bonds is 3. The second-order valence-corrected chi connectivity index (χ2v) is 5.44. The molecule has 0 aromatic heterocycles. The van der Waals surface area contributed by atoms with Crippen LogP contribution in [0.15, 0.2) is 18.2 Å². The predicted octanol–water partition coefficient (Wildman–Crippen LogP) is 3.33. The Hall–Kier alpha value is -1.09. The van der Waals surface area contributed by atoms with Gasteiger partial charge in [0.05, 0.1) is 12.3 Å². The molecule has 0 heterocycles. The zero-order valence-corrected chi connectivity index (χ0v) is 11.2. The highest BCUT2D eigenvalue weighted by Crippen LogP contribution is 2.32. The molecule has 18 heavy (non-hydrogen) atoms. The summed E-state index contributed by atoms with van der Waals surface area (Å²) in [5.74, 6) is 0.470. The van der Waals surface area contributed by atoms with E-state index >= 15 is 0 Å². The van der Waals surface area contributed by atoms with E-state index in [1.807, 2.05) is 11.9 Å². The van der Waals surface area contributed by atoms with E-state index in [9.17, 15) is 9.50 Å². The molecule has 1 aromatic rings. The van der Waals surface area contributed by atoms with E-state index in [0.717, 1.165) is 12.8 Å². The van der Waals surface area contributed by atoms with Crippen molar-refractivity contribution in [1.29, 1.82) is 0 Å². The fourth-order valence-corrected chi connectivity index (χ4v) is 3.02. The summed E-state index contributed by atoms with van der Waals surface area (Å²) in [6.07, 6.45) is 4.70. The molecule has 0 amide bonds. The van der Waals surface area contributed by atoms with Crippen LogP contribution in [0.3, 0.4) is 0 Å². The molecule has 100 valence electrons. The zero-order valence-electron chi connectivity index (χ0n) is 11.2. The van der Waals surface area contributed by atoms with E-state index in [4.69, 9.17) is 0 Å². The summed E-state index contributed by atoms with van der Waals surface area (Å²) in [5.41, 5.74) is 1.25. The Morgan fingerprint density at radius 3 is 2.83 bits per heavy atom. The van der Waals surface area contributed by atoms with E-state index < -0.39 is 0 Å². The highest BCUT2D eigenvalue weighted by atomic mass is 19.1. The highest BCUT2D eigenvalue weighted by Gasteiger charge is 2.25. The van der Waals surface area contributed by atoms with Crippen molar-refractivity contribution in [2.45, 2.75) is 45.3 Å². The van der Waals surface area contributed by atoms with Gasteiger partial charge >= 0.3 is 0 Å². The van der Waals surface area contributed by atoms with Crippen LogP contribution in [0.5, 0.6) is 0 Å². The van der Waals surface area contributed by atoms with E-state index in [1.165, 1.54) is 18.9 Å². The molecule has 0 saturated heterocycles. The van der Waals surface area contributed by atoms with Crippen LogP contribution in [-0.4, -0.2) is 18.2 Å². The molecule has 2 rings (SSSR count). The zero-order chi connectivity index (χ0) is 13.1. The molecular formula is C15H22FNO. The number of hydrogen-bond donors (Lipinski definition) is 1. The fraction of sp³-hybridized carbons (Fsp3) is 0.600. The molecule has 3 heteroatoms. The Morgan fingerprint density at radius 1 is 1.39 bits per heavy atom. The monoisotopic (exact) mass is 251 g/mol. The molecule has 1 saturated carbocycles. The Morgan fingerprint density at radius 2 is 2.17 bits per heavy atom. The second-order valence-electron chi connectivity index (χ2n) is 5.44. The van der Waals surface area contributed by atoms with Crippen LogP contribution >= 0.6 is 0 Å². The van der Waals surface area contributed by atoms with Gasteiger partial charge in [-0.25, -0.2) is 4.39 Å². The third-order valence-corrected chi connectivity index (χ3v) is 4.05. The van der Waals surface area contributed by atoms with E-state index in [2.05, 4.69) is 6.92 Å². The van der Waals surface area contributed by atoms with Crippen molar-refractivity contribution in [3.05, 3.63) is 29.6 Å². The Balaban J connectivity index is 2.24.